The van der Waals surface area contributed by atoms with Crippen molar-refractivity contribution in [3.63, 3.8) is 0 Å². The molecule has 0 aromatic carbocycles. The fraction of sp³-hybridized carbons (Fsp3) is 0.875. The number of carbonyl (C=O) groups excluding carboxylic acids is 1. The standard InChI is InChI=1S/C8H14O3S/c1-11-4-5-12(10)8-3-2-7(9)6-8/h8H,2-6H2,1H3. The maximum Gasteiger partial charge on any atom is 0.134 e. The lowest BCUT2D eigenvalue weighted by atomic mass is 10.4. The van der Waals surface area contributed by atoms with Gasteiger partial charge in [-0.1, -0.05) is 0 Å². The third-order valence-electron chi connectivity index (χ3n) is 2.06. The molecule has 1 fully saturated rings. The summed E-state index contributed by atoms with van der Waals surface area (Å²) in [6.07, 6.45) is 1.93. The van der Waals surface area contributed by atoms with Crippen molar-refractivity contribution in [1.29, 1.82) is 0 Å². The Morgan fingerprint density at radius 3 is 2.92 bits per heavy atom. The molecule has 1 saturated carbocycles. The molecule has 0 aromatic heterocycles. The van der Waals surface area contributed by atoms with Gasteiger partial charge >= 0.3 is 0 Å². The molecule has 0 aliphatic heterocycles. The number of hydrogen-bond donors (Lipinski definition) is 0. The van der Waals surface area contributed by atoms with Gasteiger partial charge in [0, 0.05) is 41.8 Å². The summed E-state index contributed by atoms with van der Waals surface area (Å²) in [4.78, 5) is 10.9. The van der Waals surface area contributed by atoms with E-state index in [9.17, 15) is 9.00 Å². The van der Waals surface area contributed by atoms with Gasteiger partial charge in [0.15, 0.2) is 0 Å². The van der Waals surface area contributed by atoms with E-state index in [1.165, 1.54) is 0 Å². The van der Waals surface area contributed by atoms with Crippen molar-refractivity contribution in [2.24, 2.45) is 0 Å². The van der Waals surface area contributed by atoms with E-state index in [0.717, 1.165) is 6.42 Å². The summed E-state index contributed by atoms with van der Waals surface area (Å²) in [5, 5.41) is 0.104. The number of hydrogen-bond acceptors (Lipinski definition) is 3. The second kappa shape index (κ2) is 4.72. The Balaban J connectivity index is 2.28. The van der Waals surface area contributed by atoms with Gasteiger partial charge < -0.3 is 4.74 Å². The summed E-state index contributed by atoms with van der Waals surface area (Å²) in [5.74, 6) is 0.819. The molecule has 12 heavy (non-hydrogen) atoms. The van der Waals surface area contributed by atoms with Gasteiger partial charge in [-0.3, -0.25) is 9.00 Å². The highest BCUT2D eigenvalue weighted by Gasteiger charge is 2.26. The SMILES string of the molecule is COCCS(=O)C1CCC(=O)C1. The lowest BCUT2D eigenvalue weighted by Crippen LogP contribution is -2.17. The van der Waals surface area contributed by atoms with Crippen LogP contribution in [-0.4, -0.2) is 34.7 Å². The van der Waals surface area contributed by atoms with Crippen LogP contribution >= 0.6 is 0 Å². The molecule has 0 spiro atoms. The Labute approximate surface area is 74.9 Å². The molecule has 3 nitrogen and oxygen atoms in total. The fourth-order valence-corrected chi connectivity index (χ4v) is 2.75. The van der Waals surface area contributed by atoms with Crippen molar-refractivity contribution in [3.8, 4) is 0 Å². The zero-order chi connectivity index (χ0) is 8.97. The molecule has 70 valence electrons. The van der Waals surface area contributed by atoms with Gasteiger partial charge in [0.25, 0.3) is 0 Å². The van der Waals surface area contributed by atoms with Crippen LogP contribution in [0.4, 0.5) is 0 Å². The van der Waals surface area contributed by atoms with Crippen LogP contribution in [0, 0.1) is 0 Å². The van der Waals surface area contributed by atoms with Gasteiger partial charge in [-0.25, -0.2) is 0 Å². The van der Waals surface area contributed by atoms with Crippen LogP contribution in [0.2, 0.25) is 0 Å². The lowest BCUT2D eigenvalue weighted by Gasteiger charge is -2.06. The van der Waals surface area contributed by atoms with Crippen molar-refractivity contribution in [2.45, 2.75) is 24.5 Å². The Bertz CT molecular complexity index is 191. The first-order valence-electron chi connectivity index (χ1n) is 4.12. The number of ether oxygens (including phenoxy) is 1. The third kappa shape index (κ3) is 2.68. The largest absolute Gasteiger partial charge is 0.384 e. The number of ketones is 1. The molecular weight excluding hydrogens is 176 g/mol. The molecule has 1 aliphatic carbocycles. The molecule has 4 heteroatoms. The zero-order valence-corrected chi connectivity index (χ0v) is 8.06. The zero-order valence-electron chi connectivity index (χ0n) is 7.25. The van der Waals surface area contributed by atoms with E-state index >= 15 is 0 Å². The third-order valence-corrected chi connectivity index (χ3v) is 3.78. The van der Waals surface area contributed by atoms with Gasteiger partial charge in [0.1, 0.15) is 5.78 Å². The molecule has 0 bridgehead atoms. The lowest BCUT2D eigenvalue weighted by molar-refractivity contribution is -0.117. The average molecular weight is 190 g/mol. The highest BCUT2D eigenvalue weighted by Crippen LogP contribution is 2.19. The summed E-state index contributed by atoms with van der Waals surface area (Å²) in [6, 6.07) is 0. The molecule has 0 N–H and O–H groups in total. The molecule has 0 amide bonds. The Morgan fingerprint density at radius 1 is 1.67 bits per heavy atom. The summed E-state index contributed by atoms with van der Waals surface area (Å²) < 4.78 is 16.2. The van der Waals surface area contributed by atoms with E-state index in [1.54, 1.807) is 7.11 Å². The van der Waals surface area contributed by atoms with Crippen molar-refractivity contribution in [2.75, 3.05) is 19.5 Å². The van der Waals surface area contributed by atoms with Crippen LogP contribution in [0.5, 0.6) is 0 Å². The fourth-order valence-electron chi connectivity index (χ4n) is 1.34. The second-order valence-corrected chi connectivity index (χ2v) is 4.82. The highest BCUT2D eigenvalue weighted by atomic mass is 32.2. The Kier molecular flexibility index (Phi) is 3.88. The van der Waals surface area contributed by atoms with Crippen molar-refractivity contribution >= 4 is 16.6 Å². The quantitative estimate of drug-likeness (QED) is 0.648. The Morgan fingerprint density at radius 2 is 2.42 bits per heavy atom. The van der Waals surface area contributed by atoms with Crippen molar-refractivity contribution in [3.05, 3.63) is 0 Å². The molecule has 2 atom stereocenters. The van der Waals surface area contributed by atoms with Crippen LogP contribution < -0.4 is 0 Å². The van der Waals surface area contributed by atoms with E-state index in [2.05, 4.69) is 0 Å². The first-order valence-corrected chi connectivity index (χ1v) is 5.50. The maximum atomic E-state index is 11.4. The molecule has 0 radical (unpaired) electrons. The van der Waals surface area contributed by atoms with Gasteiger partial charge in [0.2, 0.25) is 0 Å². The molecule has 0 saturated heterocycles. The molecule has 1 rings (SSSR count). The molecule has 2 unspecified atom stereocenters. The predicted octanol–water partition coefficient (Wildman–Crippen LogP) is 0.503. The minimum absolute atomic E-state index is 0.104. The normalized spacial score (nSPS) is 26.1. The second-order valence-electron chi connectivity index (χ2n) is 2.98. The van der Waals surface area contributed by atoms with Crippen LogP contribution in [0.1, 0.15) is 19.3 Å². The highest BCUT2D eigenvalue weighted by molar-refractivity contribution is 7.85. The molecular formula is C8H14O3S. The molecule has 0 aromatic rings. The number of rotatable bonds is 4. The van der Waals surface area contributed by atoms with E-state index in [0.29, 0.717) is 25.2 Å². The molecule has 1 aliphatic rings. The number of carbonyl (C=O) groups is 1. The first-order chi connectivity index (χ1) is 5.74. The number of methoxy groups -OCH3 is 1. The van der Waals surface area contributed by atoms with E-state index in [4.69, 9.17) is 4.74 Å². The monoisotopic (exact) mass is 190 g/mol. The van der Waals surface area contributed by atoms with Crippen molar-refractivity contribution in [1.82, 2.24) is 0 Å². The summed E-state index contributed by atoms with van der Waals surface area (Å²) >= 11 is 0. The summed E-state index contributed by atoms with van der Waals surface area (Å²) in [5.41, 5.74) is 0. The Hall–Kier alpha value is -0.220. The van der Waals surface area contributed by atoms with Gasteiger partial charge in [-0.2, -0.15) is 0 Å². The van der Waals surface area contributed by atoms with E-state index in [-0.39, 0.29) is 11.0 Å². The number of Topliss-reactive ketones (excluding diaryl/α,β-unsaturated/α-hetero) is 1. The average Bonchev–Trinajstić information content (AvgIpc) is 2.47. The minimum Gasteiger partial charge on any atom is -0.384 e. The van der Waals surface area contributed by atoms with Crippen LogP contribution in [0.3, 0.4) is 0 Å². The van der Waals surface area contributed by atoms with Gasteiger partial charge in [-0.15, -0.1) is 0 Å². The van der Waals surface area contributed by atoms with Crippen LogP contribution in [0.15, 0.2) is 0 Å². The smallest absolute Gasteiger partial charge is 0.134 e. The van der Waals surface area contributed by atoms with Crippen molar-refractivity contribution < 1.29 is 13.7 Å². The van der Waals surface area contributed by atoms with Crippen LogP contribution in [0.25, 0.3) is 0 Å². The van der Waals surface area contributed by atoms with Gasteiger partial charge in [0.05, 0.1) is 6.61 Å². The maximum absolute atomic E-state index is 11.4. The summed E-state index contributed by atoms with van der Waals surface area (Å²) in [7, 11) is 0.732. The minimum atomic E-state index is -0.862. The predicted molar refractivity (Wildman–Crippen MR) is 47.5 cm³/mol. The van der Waals surface area contributed by atoms with Crippen LogP contribution in [-0.2, 0) is 20.3 Å². The summed E-state index contributed by atoms with van der Waals surface area (Å²) in [6.45, 7) is 0.525. The first kappa shape index (κ1) is 9.86. The van der Waals surface area contributed by atoms with E-state index < -0.39 is 10.8 Å². The van der Waals surface area contributed by atoms with Gasteiger partial charge in [-0.05, 0) is 6.42 Å². The molecule has 0 heterocycles. The topological polar surface area (TPSA) is 43.4 Å². The van der Waals surface area contributed by atoms with E-state index in [1.807, 2.05) is 0 Å².